The van der Waals surface area contributed by atoms with Crippen LogP contribution in [0.3, 0.4) is 0 Å². The third-order valence-corrected chi connectivity index (χ3v) is 7.93. The van der Waals surface area contributed by atoms with Gasteiger partial charge in [0.2, 0.25) is 0 Å². The smallest absolute Gasteiger partial charge is 0.251 e. The first kappa shape index (κ1) is 20.1. The van der Waals surface area contributed by atoms with E-state index in [2.05, 4.69) is 5.32 Å². The van der Waals surface area contributed by atoms with E-state index in [1.54, 1.807) is 61.0 Å². The van der Waals surface area contributed by atoms with E-state index in [9.17, 15) is 13.2 Å². The minimum Gasteiger partial charge on any atom is -0.497 e. The standard InChI is InChI=1S/C21H21NO4S2/c1-15-5-7-16(8-6-15)19(28(24,25)20-4-3-13-27-20)14-22-21(23)17-9-11-18(26-2)12-10-17/h3-13,19H,14H2,1-2H3,(H,22,23)/t19-/m0/s1. The molecule has 7 heteroatoms. The van der Waals surface area contributed by atoms with Gasteiger partial charge in [0, 0.05) is 12.1 Å². The highest BCUT2D eigenvalue weighted by atomic mass is 32.2. The van der Waals surface area contributed by atoms with Crippen LogP contribution in [0, 0.1) is 6.92 Å². The largest absolute Gasteiger partial charge is 0.497 e. The molecule has 2 aromatic carbocycles. The second-order valence-electron chi connectivity index (χ2n) is 6.31. The highest BCUT2D eigenvalue weighted by Gasteiger charge is 2.30. The van der Waals surface area contributed by atoms with Crippen LogP contribution in [0.25, 0.3) is 0 Å². The van der Waals surface area contributed by atoms with Gasteiger partial charge in [-0.3, -0.25) is 4.79 Å². The van der Waals surface area contributed by atoms with Crippen molar-refractivity contribution in [1.29, 1.82) is 0 Å². The topological polar surface area (TPSA) is 72.5 Å². The van der Waals surface area contributed by atoms with Gasteiger partial charge < -0.3 is 10.1 Å². The lowest BCUT2D eigenvalue weighted by Gasteiger charge is -2.18. The number of carbonyl (C=O) groups excluding carboxylic acids is 1. The van der Waals surface area contributed by atoms with Gasteiger partial charge in [-0.2, -0.15) is 0 Å². The van der Waals surface area contributed by atoms with Crippen LogP contribution in [0.4, 0.5) is 0 Å². The third kappa shape index (κ3) is 4.43. The number of nitrogens with one attached hydrogen (secondary N) is 1. The number of carbonyl (C=O) groups is 1. The van der Waals surface area contributed by atoms with Gasteiger partial charge in [-0.1, -0.05) is 35.9 Å². The number of aryl methyl sites for hydroxylation is 1. The molecule has 0 saturated carbocycles. The van der Waals surface area contributed by atoms with E-state index in [1.807, 2.05) is 19.1 Å². The summed E-state index contributed by atoms with van der Waals surface area (Å²) in [5.41, 5.74) is 2.13. The van der Waals surface area contributed by atoms with Crippen LogP contribution >= 0.6 is 11.3 Å². The van der Waals surface area contributed by atoms with Gasteiger partial charge in [0.1, 0.15) is 15.2 Å². The molecule has 0 bridgehead atoms. The quantitative estimate of drug-likeness (QED) is 0.633. The monoisotopic (exact) mass is 415 g/mol. The van der Waals surface area contributed by atoms with Gasteiger partial charge in [0.25, 0.3) is 5.91 Å². The summed E-state index contributed by atoms with van der Waals surface area (Å²) in [6.45, 7) is 1.92. The molecule has 28 heavy (non-hydrogen) atoms. The fraction of sp³-hybridized carbons (Fsp3) is 0.190. The molecule has 0 spiro atoms. The molecule has 1 heterocycles. The zero-order chi connectivity index (χ0) is 20.1. The summed E-state index contributed by atoms with van der Waals surface area (Å²) in [5.74, 6) is 0.315. The summed E-state index contributed by atoms with van der Waals surface area (Å²) in [5, 5.41) is 3.63. The van der Waals surface area contributed by atoms with Crippen molar-refractivity contribution in [3.8, 4) is 5.75 Å². The average Bonchev–Trinajstić information content (AvgIpc) is 3.25. The van der Waals surface area contributed by atoms with E-state index in [0.717, 1.165) is 5.56 Å². The number of rotatable bonds is 7. The number of hydrogen-bond acceptors (Lipinski definition) is 5. The molecule has 146 valence electrons. The van der Waals surface area contributed by atoms with E-state index in [1.165, 1.54) is 11.3 Å². The van der Waals surface area contributed by atoms with Crippen LogP contribution in [0.5, 0.6) is 5.75 Å². The van der Waals surface area contributed by atoms with Crippen molar-refractivity contribution < 1.29 is 17.9 Å². The predicted molar refractivity (Wildman–Crippen MR) is 111 cm³/mol. The Morgan fingerprint density at radius 3 is 2.32 bits per heavy atom. The van der Waals surface area contributed by atoms with E-state index in [-0.39, 0.29) is 16.7 Å². The molecular weight excluding hydrogens is 394 g/mol. The van der Waals surface area contributed by atoms with Crippen molar-refractivity contribution in [2.75, 3.05) is 13.7 Å². The highest BCUT2D eigenvalue weighted by Crippen LogP contribution is 2.31. The molecule has 1 aromatic heterocycles. The molecule has 1 amide bonds. The zero-order valence-electron chi connectivity index (χ0n) is 15.6. The van der Waals surface area contributed by atoms with Crippen molar-refractivity contribution in [3.05, 3.63) is 82.7 Å². The van der Waals surface area contributed by atoms with E-state index >= 15 is 0 Å². The maximum atomic E-state index is 13.2. The summed E-state index contributed by atoms with van der Waals surface area (Å²) in [6.07, 6.45) is 0. The fourth-order valence-electron chi connectivity index (χ4n) is 2.78. The van der Waals surface area contributed by atoms with E-state index in [0.29, 0.717) is 16.9 Å². The van der Waals surface area contributed by atoms with Crippen molar-refractivity contribution in [2.24, 2.45) is 0 Å². The lowest BCUT2D eigenvalue weighted by molar-refractivity contribution is 0.0953. The van der Waals surface area contributed by atoms with Crippen LogP contribution in [0.2, 0.25) is 0 Å². The number of hydrogen-bond donors (Lipinski definition) is 1. The molecule has 0 saturated heterocycles. The van der Waals surface area contributed by atoms with Gasteiger partial charge >= 0.3 is 0 Å². The van der Waals surface area contributed by atoms with Crippen molar-refractivity contribution in [1.82, 2.24) is 5.32 Å². The third-order valence-electron chi connectivity index (χ3n) is 4.40. The number of sulfone groups is 1. The van der Waals surface area contributed by atoms with Crippen molar-refractivity contribution >= 4 is 27.1 Å². The number of amides is 1. The molecule has 3 aromatic rings. The summed E-state index contributed by atoms with van der Waals surface area (Å²) < 4.78 is 31.7. The molecule has 3 rings (SSSR count). The van der Waals surface area contributed by atoms with E-state index < -0.39 is 15.1 Å². The molecule has 5 nitrogen and oxygen atoms in total. The number of thiophene rings is 1. The van der Waals surface area contributed by atoms with Crippen molar-refractivity contribution in [2.45, 2.75) is 16.4 Å². The van der Waals surface area contributed by atoms with Crippen LogP contribution in [0.1, 0.15) is 26.7 Å². The minimum absolute atomic E-state index is 0.0197. The Kier molecular flexibility index (Phi) is 6.16. The Labute approximate surface area is 168 Å². The second-order valence-corrected chi connectivity index (χ2v) is 9.62. The fourth-order valence-corrected chi connectivity index (χ4v) is 5.65. The van der Waals surface area contributed by atoms with Crippen LogP contribution < -0.4 is 10.1 Å². The Hall–Kier alpha value is -2.64. The van der Waals surface area contributed by atoms with Gasteiger partial charge in [-0.15, -0.1) is 11.3 Å². The lowest BCUT2D eigenvalue weighted by Crippen LogP contribution is -2.31. The second kappa shape index (κ2) is 8.58. The first-order valence-electron chi connectivity index (χ1n) is 8.68. The van der Waals surface area contributed by atoms with Gasteiger partial charge in [0.05, 0.1) is 7.11 Å². The highest BCUT2D eigenvalue weighted by molar-refractivity contribution is 7.93. The molecule has 1 N–H and O–H groups in total. The molecule has 0 aliphatic rings. The lowest BCUT2D eigenvalue weighted by atomic mass is 10.1. The van der Waals surface area contributed by atoms with Crippen molar-refractivity contribution in [3.63, 3.8) is 0 Å². The Morgan fingerprint density at radius 1 is 1.07 bits per heavy atom. The first-order chi connectivity index (χ1) is 13.4. The minimum atomic E-state index is -3.63. The Bertz CT molecular complexity index is 1030. The number of methoxy groups -OCH3 is 1. The number of benzene rings is 2. The number of ether oxygens (including phenoxy) is 1. The zero-order valence-corrected chi connectivity index (χ0v) is 17.2. The van der Waals surface area contributed by atoms with Gasteiger partial charge in [-0.25, -0.2) is 8.42 Å². The van der Waals surface area contributed by atoms with Crippen LogP contribution in [0.15, 0.2) is 70.3 Å². The SMILES string of the molecule is COc1ccc(C(=O)NC[C@@H](c2ccc(C)cc2)S(=O)(=O)c2cccs2)cc1. The molecule has 0 aliphatic heterocycles. The summed E-state index contributed by atoms with van der Waals surface area (Å²) in [4.78, 5) is 12.5. The summed E-state index contributed by atoms with van der Waals surface area (Å²) >= 11 is 1.18. The van der Waals surface area contributed by atoms with Gasteiger partial charge in [0.15, 0.2) is 9.84 Å². The van der Waals surface area contributed by atoms with Crippen LogP contribution in [-0.2, 0) is 9.84 Å². The Balaban J connectivity index is 1.85. The summed E-state index contributed by atoms with van der Waals surface area (Å²) in [6, 6.07) is 17.3. The predicted octanol–water partition coefficient (Wildman–Crippen LogP) is 4.01. The van der Waals surface area contributed by atoms with Gasteiger partial charge in [-0.05, 0) is 48.2 Å². The first-order valence-corrected chi connectivity index (χ1v) is 11.1. The average molecular weight is 416 g/mol. The maximum absolute atomic E-state index is 13.2. The van der Waals surface area contributed by atoms with Crippen LogP contribution in [-0.4, -0.2) is 28.0 Å². The summed E-state index contributed by atoms with van der Waals surface area (Å²) in [7, 11) is -2.08. The Morgan fingerprint density at radius 2 is 1.75 bits per heavy atom. The molecule has 0 unspecified atom stereocenters. The molecule has 0 fully saturated rings. The molecule has 0 aliphatic carbocycles. The normalized spacial score (nSPS) is 12.4. The maximum Gasteiger partial charge on any atom is 0.251 e. The molecular formula is C21H21NO4S2. The molecule has 0 radical (unpaired) electrons. The molecule has 1 atom stereocenters. The van der Waals surface area contributed by atoms with E-state index in [4.69, 9.17) is 4.74 Å².